The summed E-state index contributed by atoms with van der Waals surface area (Å²) in [6, 6.07) is 13.6. The third-order valence-electron chi connectivity index (χ3n) is 4.44. The molecule has 0 saturated carbocycles. The summed E-state index contributed by atoms with van der Waals surface area (Å²) < 4.78 is 20.0. The molecule has 0 bridgehead atoms. The Morgan fingerprint density at radius 2 is 1.77 bits per heavy atom. The predicted molar refractivity (Wildman–Crippen MR) is 107 cm³/mol. The summed E-state index contributed by atoms with van der Waals surface area (Å²) >= 11 is 0. The van der Waals surface area contributed by atoms with Gasteiger partial charge in [-0.05, 0) is 23.8 Å². The van der Waals surface area contributed by atoms with E-state index in [0.717, 1.165) is 26.8 Å². The molecule has 0 aliphatic rings. The first-order valence-electron chi connectivity index (χ1n) is 8.88. The molecule has 1 heterocycles. The number of Topliss-reactive ketones (excluding diaryl/α,β-unsaturated/α-hetero) is 1. The lowest BCUT2D eigenvalue weighted by Gasteiger charge is -2.14. The zero-order valence-electron chi connectivity index (χ0n) is 16.0. The quantitative estimate of drug-likeness (QED) is 0.484. The second kappa shape index (κ2) is 8.56. The van der Waals surface area contributed by atoms with E-state index >= 15 is 0 Å². The predicted octanol–water partition coefficient (Wildman–Crippen LogP) is 1.36. The molecule has 0 atom stereocenters. The van der Waals surface area contributed by atoms with E-state index in [1.54, 1.807) is 30.3 Å². The lowest BCUT2D eigenvalue weighted by Crippen LogP contribution is -2.43. The van der Waals surface area contributed by atoms with Crippen molar-refractivity contribution in [3.63, 3.8) is 0 Å². The van der Waals surface area contributed by atoms with Crippen molar-refractivity contribution < 1.29 is 18.7 Å². The Bertz CT molecular complexity index is 1230. The zero-order valence-corrected chi connectivity index (χ0v) is 16.0. The molecule has 3 rings (SSSR count). The molecule has 9 heteroatoms. The number of hydrogen-bond acceptors (Lipinski definition) is 6. The van der Waals surface area contributed by atoms with Crippen LogP contribution in [-0.4, -0.2) is 27.5 Å². The number of esters is 1. The minimum Gasteiger partial charge on any atom is -0.454 e. The smallest absolute Gasteiger partial charge is 0.338 e. The first kappa shape index (κ1) is 20.7. The van der Waals surface area contributed by atoms with Gasteiger partial charge < -0.3 is 10.5 Å². The number of aromatic nitrogens is 2. The Balaban J connectivity index is 1.89. The number of hydrogen-bond donors (Lipinski definition) is 1. The molecule has 0 amide bonds. The van der Waals surface area contributed by atoms with Gasteiger partial charge in [0.2, 0.25) is 5.78 Å². The topological polar surface area (TPSA) is 113 Å². The molecule has 0 saturated heterocycles. The van der Waals surface area contributed by atoms with Crippen LogP contribution in [0.1, 0.15) is 26.3 Å². The van der Waals surface area contributed by atoms with E-state index < -0.39 is 41.0 Å². The van der Waals surface area contributed by atoms with Crippen molar-refractivity contribution >= 4 is 17.6 Å². The first-order chi connectivity index (χ1) is 14.3. The van der Waals surface area contributed by atoms with E-state index in [-0.39, 0.29) is 17.9 Å². The van der Waals surface area contributed by atoms with Crippen LogP contribution in [0.25, 0.3) is 0 Å². The van der Waals surface area contributed by atoms with E-state index in [0.29, 0.717) is 0 Å². The molecule has 2 N–H and O–H groups in total. The van der Waals surface area contributed by atoms with E-state index in [2.05, 4.69) is 0 Å². The molecule has 0 aliphatic carbocycles. The van der Waals surface area contributed by atoms with Crippen molar-refractivity contribution in [2.45, 2.75) is 6.54 Å². The number of anilines is 1. The van der Waals surface area contributed by atoms with E-state index in [9.17, 15) is 23.6 Å². The van der Waals surface area contributed by atoms with E-state index in [4.69, 9.17) is 10.5 Å². The van der Waals surface area contributed by atoms with Gasteiger partial charge in [-0.1, -0.05) is 36.4 Å². The maximum Gasteiger partial charge on any atom is 0.338 e. The van der Waals surface area contributed by atoms with Crippen molar-refractivity contribution in [3.05, 3.63) is 97.9 Å². The number of carbonyl (C=O) groups excluding carboxylic acids is 2. The van der Waals surface area contributed by atoms with Crippen LogP contribution < -0.4 is 17.0 Å². The Hall–Kier alpha value is -4.01. The molecule has 2 aromatic carbocycles. The highest BCUT2D eigenvalue weighted by Crippen LogP contribution is 2.11. The summed E-state index contributed by atoms with van der Waals surface area (Å²) in [5.41, 5.74) is 4.59. The third-order valence-corrected chi connectivity index (χ3v) is 4.44. The third kappa shape index (κ3) is 4.19. The van der Waals surface area contributed by atoms with Gasteiger partial charge in [-0.3, -0.25) is 18.7 Å². The number of halogens is 1. The van der Waals surface area contributed by atoms with Gasteiger partial charge in [-0.2, -0.15) is 0 Å². The van der Waals surface area contributed by atoms with Crippen LogP contribution in [-0.2, 0) is 18.3 Å². The van der Waals surface area contributed by atoms with Gasteiger partial charge in [0, 0.05) is 7.05 Å². The monoisotopic (exact) mass is 411 g/mol. The molecule has 0 fully saturated rings. The fourth-order valence-corrected chi connectivity index (χ4v) is 2.87. The van der Waals surface area contributed by atoms with Gasteiger partial charge in [0.05, 0.1) is 12.1 Å². The Kier molecular flexibility index (Phi) is 5.91. The summed E-state index contributed by atoms with van der Waals surface area (Å²) in [6.45, 7) is -0.749. The van der Waals surface area contributed by atoms with Gasteiger partial charge >= 0.3 is 11.7 Å². The summed E-state index contributed by atoms with van der Waals surface area (Å²) in [5, 5.41) is 0. The number of ether oxygens (including phenoxy) is 1. The van der Waals surface area contributed by atoms with Crippen molar-refractivity contribution in [2.24, 2.45) is 7.05 Å². The van der Waals surface area contributed by atoms with Crippen LogP contribution in [0.5, 0.6) is 0 Å². The summed E-state index contributed by atoms with van der Waals surface area (Å²) in [5.74, 6) is -2.77. The highest BCUT2D eigenvalue weighted by Gasteiger charge is 2.23. The number of benzene rings is 2. The minimum atomic E-state index is -0.934. The van der Waals surface area contributed by atoms with Crippen molar-refractivity contribution in [1.82, 2.24) is 9.13 Å². The van der Waals surface area contributed by atoms with Gasteiger partial charge in [0.25, 0.3) is 5.56 Å². The minimum absolute atomic E-state index is 0.0446. The molecular formula is C21H18FN3O5. The molecule has 30 heavy (non-hydrogen) atoms. The van der Waals surface area contributed by atoms with Gasteiger partial charge in [-0.25, -0.2) is 14.0 Å². The second-order valence-corrected chi connectivity index (χ2v) is 6.49. The van der Waals surface area contributed by atoms with E-state index in [1.807, 2.05) is 0 Å². The fraction of sp³-hybridized carbons (Fsp3) is 0.143. The number of nitrogens with two attached hydrogens (primary N) is 1. The van der Waals surface area contributed by atoms with Crippen molar-refractivity contribution in [2.75, 3.05) is 12.3 Å². The van der Waals surface area contributed by atoms with Crippen LogP contribution >= 0.6 is 0 Å². The molecule has 0 spiro atoms. The maximum absolute atomic E-state index is 13.2. The standard InChI is InChI=1S/C21H18FN3O5/c1-24-19(27)17(16(26)12-30-20(28)14-8-5-9-15(22)10-14)18(23)25(21(24)29)11-13-6-3-2-4-7-13/h2-10H,11-12,23H2,1H3. The molecule has 0 aliphatic heterocycles. The van der Waals surface area contributed by atoms with Crippen LogP contribution in [0.3, 0.4) is 0 Å². The van der Waals surface area contributed by atoms with E-state index in [1.165, 1.54) is 19.2 Å². The highest BCUT2D eigenvalue weighted by atomic mass is 19.1. The summed E-state index contributed by atoms with van der Waals surface area (Å²) in [7, 11) is 1.22. The first-order valence-corrected chi connectivity index (χ1v) is 8.88. The number of nitrogen functional groups attached to an aromatic ring is 1. The summed E-state index contributed by atoms with van der Waals surface area (Å²) in [4.78, 5) is 49.6. The SMILES string of the molecule is Cn1c(=O)c(C(=O)COC(=O)c2cccc(F)c2)c(N)n(Cc2ccccc2)c1=O. The van der Waals surface area contributed by atoms with Crippen molar-refractivity contribution in [1.29, 1.82) is 0 Å². The Morgan fingerprint density at radius 3 is 2.43 bits per heavy atom. The Labute approximate surface area is 169 Å². The highest BCUT2D eigenvalue weighted by molar-refractivity contribution is 6.02. The summed E-state index contributed by atoms with van der Waals surface area (Å²) in [6.07, 6.45) is 0. The largest absolute Gasteiger partial charge is 0.454 e. The van der Waals surface area contributed by atoms with Crippen molar-refractivity contribution in [3.8, 4) is 0 Å². The molecule has 0 unspecified atom stereocenters. The number of ketones is 1. The number of carbonyl (C=O) groups is 2. The van der Waals surface area contributed by atoms with Crippen LogP contribution in [0.15, 0.2) is 64.2 Å². The second-order valence-electron chi connectivity index (χ2n) is 6.49. The molecule has 3 aromatic rings. The van der Waals surface area contributed by atoms with Gasteiger partial charge in [-0.15, -0.1) is 0 Å². The Morgan fingerprint density at radius 1 is 1.07 bits per heavy atom. The fourth-order valence-electron chi connectivity index (χ4n) is 2.87. The van der Waals surface area contributed by atoms with Crippen LogP contribution in [0.2, 0.25) is 0 Å². The van der Waals surface area contributed by atoms with Crippen LogP contribution in [0.4, 0.5) is 10.2 Å². The van der Waals surface area contributed by atoms with Gasteiger partial charge in [0.15, 0.2) is 6.61 Å². The van der Waals surface area contributed by atoms with Crippen LogP contribution in [0, 0.1) is 5.82 Å². The lowest BCUT2D eigenvalue weighted by molar-refractivity contribution is 0.0473. The zero-order chi connectivity index (χ0) is 21.8. The number of rotatable bonds is 6. The maximum atomic E-state index is 13.2. The molecule has 154 valence electrons. The average molecular weight is 411 g/mol. The molecule has 0 radical (unpaired) electrons. The van der Waals surface area contributed by atoms with Gasteiger partial charge in [0.1, 0.15) is 17.2 Å². The number of nitrogens with zero attached hydrogens (tertiary/aromatic N) is 2. The molecule has 1 aromatic heterocycles. The lowest BCUT2D eigenvalue weighted by atomic mass is 10.1. The molecular weight excluding hydrogens is 393 g/mol. The normalized spacial score (nSPS) is 10.6. The average Bonchev–Trinajstić information content (AvgIpc) is 2.74. The molecule has 8 nitrogen and oxygen atoms in total.